The Bertz CT molecular complexity index is 798. The maximum atomic E-state index is 12.7. The smallest absolute Gasteiger partial charge is 0.266 e. The van der Waals surface area contributed by atoms with Gasteiger partial charge in [0, 0.05) is 17.0 Å². The lowest BCUT2D eigenvalue weighted by molar-refractivity contribution is -0.122. The first kappa shape index (κ1) is 15.5. The van der Waals surface area contributed by atoms with Crippen LogP contribution in [0.3, 0.4) is 0 Å². The van der Waals surface area contributed by atoms with Gasteiger partial charge in [-0.15, -0.1) is 0 Å². The molecule has 1 aromatic heterocycles. The van der Waals surface area contributed by atoms with Crippen LogP contribution in [0.1, 0.15) is 36.9 Å². The van der Waals surface area contributed by atoms with Crippen LogP contribution in [0.25, 0.3) is 0 Å². The molecule has 1 aromatic carbocycles. The van der Waals surface area contributed by atoms with Gasteiger partial charge >= 0.3 is 0 Å². The normalized spacial score (nSPS) is 20.4. The van der Waals surface area contributed by atoms with E-state index in [-0.39, 0.29) is 5.91 Å². The van der Waals surface area contributed by atoms with E-state index in [1.165, 1.54) is 12.8 Å². The number of aryl methyl sites for hydroxylation is 1. The predicted octanol–water partition coefficient (Wildman–Crippen LogP) is 3.76. The lowest BCUT2D eigenvalue weighted by Gasteiger charge is -2.17. The Morgan fingerprint density at radius 1 is 1.46 bits per heavy atom. The number of carbonyl (C=O) groups excluding carboxylic acids is 1. The number of aromatic nitrogens is 2. The van der Waals surface area contributed by atoms with Gasteiger partial charge in [0.1, 0.15) is 11.6 Å². The highest BCUT2D eigenvalue weighted by atomic mass is 35.5. The molecule has 2 atom stereocenters. The van der Waals surface area contributed by atoms with Gasteiger partial charge in [0.2, 0.25) is 0 Å². The number of benzene rings is 1. The highest BCUT2D eigenvalue weighted by Gasteiger charge is 2.33. The fourth-order valence-corrected chi connectivity index (χ4v) is 3.45. The van der Waals surface area contributed by atoms with Crippen LogP contribution in [0.4, 0.5) is 5.82 Å². The molecule has 1 aliphatic heterocycles. The second-order valence-electron chi connectivity index (χ2n) is 6.75. The van der Waals surface area contributed by atoms with Crippen LogP contribution >= 0.6 is 11.6 Å². The summed E-state index contributed by atoms with van der Waals surface area (Å²) < 4.78 is 7.71. The van der Waals surface area contributed by atoms with Crippen molar-refractivity contribution >= 4 is 23.3 Å². The van der Waals surface area contributed by atoms with Crippen LogP contribution in [0.2, 0.25) is 5.02 Å². The van der Waals surface area contributed by atoms with E-state index in [1.807, 2.05) is 23.7 Å². The lowest BCUT2D eigenvalue weighted by Crippen LogP contribution is -2.32. The van der Waals surface area contributed by atoms with E-state index in [0.717, 1.165) is 22.7 Å². The molecule has 0 spiro atoms. The van der Waals surface area contributed by atoms with Crippen molar-refractivity contribution in [2.45, 2.75) is 45.3 Å². The fraction of sp³-hybridized carbons (Fsp3) is 0.444. The van der Waals surface area contributed by atoms with Crippen LogP contribution in [0.5, 0.6) is 5.75 Å². The minimum atomic E-state index is -0.530. The highest BCUT2D eigenvalue weighted by Crippen LogP contribution is 2.40. The largest absolute Gasteiger partial charge is 0.480 e. The standard InChI is InChI=1S/C18H20ClN3O2/c1-10-9-20-22(11(2)12-3-4-12)17(10)21-18(23)16-8-13-7-14(19)5-6-15(13)24-16/h5-7,9,11-12,16H,3-4,8H2,1-2H3,(H,21,23). The first-order valence-corrected chi connectivity index (χ1v) is 8.71. The summed E-state index contributed by atoms with van der Waals surface area (Å²) in [6, 6.07) is 5.75. The Labute approximate surface area is 145 Å². The third-order valence-electron chi connectivity index (χ3n) is 4.90. The van der Waals surface area contributed by atoms with E-state index in [2.05, 4.69) is 17.3 Å². The maximum Gasteiger partial charge on any atom is 0.266 e. The number of amides is 1. The van der Waals surface area contributed by atoms with Gasteiger partial charge in [-0.3, -0.25) is 4.79 Å². The highest BCUT2D eigenvalue weighted by molar-refractivity contribution is 6.30. The number of nitrogens with one attached hydrogen (secondary N) is 1. The molecular formula is C18H20ClN3O2. The summed E-state index contributed by atoms with van der Waals surface area (Å²) in [5, 5.41) is 8.13. The summed E-state index contributed by atoms with van der Waals surface area (Å²) in [6.07, 6.45) is 4.27. The van der Waals surface area contributed by atoms with Crippen molar-refractivity contribution in [1.29, 1.82) is 0 Å². The Kier molecular flexibility index (Phi) is 3.76. The number of halogens is 1. The molecule has 1 aliphatic carbocycles. The number of fused-ring (bicyclic) bond motifs is 1. The average Bonchev–Trinajstić information content (AvgIpc) is 3.23. The van der Waals surface area contributed by atoms with Crippen molar-refractivity contribution < 1.29 is 9.53 Å². The topological polar surface area (TPSA) is 56.2 Å². The first-order valence-electron chi connectivity index (χ1n) is 8.33. The predicted molar refractivity (Wildman–Crippen MR) is 92.6 cm³/mol. The summed E-state index contributed by atoms with van der Waals surface area (Å²) >= 11 is 6.01. The zero-order chi connectivity index (χ0) is 16.8. The van der Waals surface area contributed by atoms with Gasteiger partial charge in [0.25, 0.3) is 5.91 Å². The van der Waals surface area contributed by atoms with Crippen LogP contribution < -0.4 is 10.1 Å². The van der Waals surface area contributed by atoms with Crippen molar-refractivity contribution in [3.63, 3.8) is 0 Å². The molecule has 0 radical (unpaired) electrons. The third kappa shape index (κ3) is 2.77. The van der Waals surface area contributed by atoms with Gasteiger partial charge in [-0.1, -0.05) is 11.6 Å². The summed E-state index contributed by atoms with van der Waals surface area (Å²) in [5.41, 5.74) is 1.94. The quantitative estimate of drug-likeness (QED) is 0.918. The molecule has 4 rings (SSSR count). The monoisotopic (exact) mass is 345 g/mol. The van der Waals surface area contributed by atoms with Crippen molar-refractivity contribution in [1.82, 2.24) is 9.78 Å². The minimum Gasteiger partial charge on any atom is -0.480 e. The molecule has 5 nitrogen and oxygen atoms in total. The van der Waals surface area contributed by atoms with Gasteiger partial charge in [0.15, 0.2) is 6.10 Å². The number of hydrogen-bond acceptors (Lipinski definition) is 3. The van der Waals surface area contributed by atoms with Crippen LogP contribution in [0.15, 0.2) is 24.4 Å². The molecule has 1 saturated carbocycles. The van der Waals surface area contributed by atoms with E-state index >= 15 is 0 Å². The Morgan fingerprint density at radius 3 is 3.00 bits per heavy atom. The summed E-state index contributed by atoms with van der Waals surface area (Å²) in [6.45, 7) is 4.12. The minimum absolute atomic E-state index is 0.143. The third-order valence-corrected chi connectivity index (χ3v) is 5.13. The molecule has 1 N–H and O–H groups in total. The maximum absolute atomic E-state index is 12.7. The molecule has 0 saturated heterocycles. The summed E-state index contributed by atoms with van der Waals surface area (Å²) in [4.78, 5) is 12.7. The van der Waals surface area contributed by atoms with Crippen molar-refractivity contribution in [2.75, 3.05) is 5.32 Å². The van der Waals surface area contributed by atoms with Crippen LogP contribution in [0, 0.1) is 12.8 Å². The van der Waals surface area contributed by atoms with Crippen molar-refractivity contribution in [3.05, 3.63) is 40.5 Å². The SMILES string of the molecule is Cc1cnn(C(C)C2CC2)c1NC(=O)C1Cc2cc(Cl)ccc2O1. The Hall–Kier alpha value is -2.01. The summed E-state index contributed by atoms with van der Waals surface area (Å²) in [7, 11) is 0. The molecule has 0 bridgehead atoms. The number of rotatable bonds is 4. The molecule has 126 valence electrons. The molecule has 2 aromatic rings. The van der Waals surface area contributed by atoms with Gasteiger partial charge in [-0.25, -0.2) is 4.68 Å². The van der Waals surface area contributed by atoms with Crippen molar-refractivity contribution in [2.24, 2.45) is 5.92 Å². The lowest BCUT2D eigenvalue weighted by atomic mass is 10.1. The molecule has 6 heteroatoms. The summed E-state index contributed by atoms with van der Waals surface area (Å²) in [5.74, 6) is 2.03. The van der Waals surface area contributed by atoms with Gasteiger partial charge in [-0.2, -0.15) is 5.10 Å². The zero-order valence-corrected chi connectivity index (χ0v) is 14.5. The molecule has 1 fully saturated rings. The van der Waals surface area contributed by atoms with Gasteiger partial charge in [-0.05, 0) is 56.4 Å². The second kappa shape index (κ2) is 5.81. The number of nitrogens with zero attached hydrogens (tertiary/aromatic N) is 2. The van der Waals surface area contributed by atoms with Crippen LogP contribution in [-0.4, -0.2) is 21.8 Å². The Balaban J connectivity index is 1.50. The molecule has 2 heterocycles. The van der Waals surface area contributed by atoms with E-state index in [4.69, 9.17) is 16.3 Å². The van der Waals surface area contributed by atoms with Gasteiger partial charge < -0.3 is 10.1 Å². The number of ether oxygens (including phenoxy) is 1. The second-order valence-corrected chi connectivity index (χ2v) is 7.19. The van der Waals surface area contributed by atoms with E-state index < -0.39 is 6.10 Å². The Morgan fingerprint density at radius 2 is 2.25 bits per heavy atom. The average molecular weight is 346 g/mol. The van der Waals surface area contributed by atoms with E-state index in [1.54, 1.807) is 12.3 Å². The number of anilines is 1. The molecule has 2 unspecified atom stereocenters. The van der Waals surface area contributed by atoms with E-state index in [9.17, 15) is 4.79 Å². The molecule has 1 amide bonds. The molecular weight excluding hydrogens is 326 g/mol. The van der Waals surface area contributed by atoms with E-state index in [0.29, 0.717) is 23.4 Å². The number of hydrogen-bond donors (Lipinski definition) is 1. The van der Waals surface area contributed by atoms with Gasteiger partial charge in [0.05, 0.1) is 12.2 Å². The van der Waals surface area contributed by atoms with Crippen LogP contribution in [-0.2, 0) is 11.2 Å². The first-order chi connectivity index (χ1) is 11.5. The van der Waals surface area contributed by atoms with Crippen molar-refractivity contribution in [3.8, 4) is 5.75 Å². The fourth-order valence-electron chi connectivity index (χ4n) is 3.25. The number of carbonyl (C=O) groups is 1. The molecule has 24 heavy (non-hydrogen) atoms. The molecule has 2 aliphatic rings. The zero-order valence-electron chi connectivity index (χ0n) is 13.8.